The summed E-state index contributed by atoms with van der Waals surface area (Å²) in [5.74, 6) is 0.322. The number of hydrogen-bond acceptors (Lipinski definition) is 5. The number of aromatic hydroxyl groups is 1. The predicted molar refractivity (Wildman–Crippen MR) is 55.1 cm³/mol. The van der Waals surface area contributed by atoms with E-state index in [1.54, 1.807) is 24.3 Å². The van der Waals surface area contributed by atoms with Gasteiger partial charge < -0.3 is 9.66 Å². The van der Waals surface area contributed by atoms with Crippen molar-refractivity contribution in [3.63, 3.8) is 0 Å². The summed E-state index contributed by atoms with van der Waals surface area (Å²) >= 11 is 0. The number of rotatable bonds is 3. The normalized spacial score (nSPS) is 9.93. The molecule has 0 saturated carbocycles. The molecule has 0 heterocycles. The lowest BCUT2D eigenvalue weighted by atomic mass is 10.3. The molecule has 0 aliphatic rings. The molecule has 0 fully saturated rings. The molecule has 0 atom stereocenters. The van der Waals surface area contributed by atoms with E-state index in [0.717, 1.165) is 0 Å². The number of para-hydroxylation sites is 1. The molecule has 1 N–H and O–H groups in total. The minimum Gasteiger partial charge on any atom is -0.726 e. The fourth-order valence-electron chi connectivity index (χ4n) is 0.559. The van der Waals surface area contributed by atoms with Gasteiger partial charge in [0.1, 0.15) is 5.75 Å². The van der Waals surface area contributed by atoms with Gasteiger partial charge in [0.05, 0.1) is 6.61 Å². The van der Waals surface area contributed by atoms with E-state index in [0.29, 0.717) is 5.75 Å². The van der Waals surface area contributed by atoms with Crippen LogP contribution >= 0.6 is 0 Å². The third-order valence-electron chi connectivity index (χ3n) is 1.09. The predicted octanol–water partition coefficient (Wildman–Crippen LogP) is 1.15. The third-order valence-corrected chi connectivity index (χ3v) is 1.51. The van der Waals surface area contributed by atoms with E-state index in [-0.39, 0.29) is 8.03 Å². The Morgan fingerprint density at radius 1 is 1.47 bits per heavy atom. The molecular weight excluding hydrogens is 220 g/mol. The monoisotopic (exact) mass is 232 g/mol. The highest BCUT2D eigenvalue weighted by molar-refractivity contribution is 7.80. The molecule has 15 heavy (non-hydrogen) atoms. The van der Waals surface area contributed by atoms with Crippen LogP contribution in [-0.2, 0) is 14.6 Å². The largest absolute Gasteiger partial charge is 1.00 e. The first-order valence-electron chi connectivity index (χ1n) is 3.91. The molecule has 84 valence electrons. The Morgan fingerprint density at radius 2 is 2.00 bits per heavy atom. The highest BCUT2D eigenvalue weighted by Crippen LogP contribution is 2.02. The van der Waals surface area contributed by atoms with E-state index < -0.39 is 10.4 Å². The minimum absolute atomic E-state index is 0. The van der Waals surface area contributed by atoms with Crippen LogP contribution in [0.25, 0.3) is 0 Å². The van der Waals surface area contributed by atoms with Gasteiger partial charge in [0.25, 0.3) is 0 Å². The second kappa shape index (κ2) is 6.99. The molecule has 0 amide bonds. The fraction of sp³-hybridized carbons (Fsp3) is 0.111. The second-order valence-electron chi connectivity index (χ2n) is 2.32. The van der Waals surface area contributed by atoms with Crippen molar-refractivity contribution >= 4 is 10.4 Å². The average Bonchev–Trinajstić information content (AvgIpc) is 2.16. The van der Waals surface area contributed by atoms with Crippen LogP contribution in [0.15, 0.2) is 43.0 Å². The summed E-state index contributed by atoms with van der Waals surface area (Å²) in [4.78, 5) is 0. The van der Waals surface area contributed by atoms with Crippen molar-refractivity contribution in [2.75, 3.05) is 6.61 Å². The summed E-state index contributed by atoms with van der Waals surface area (Å²) < 4.78 is 32.4. The molecule has 6 heteroatoms. The molecule has 1 aromatic carbocycles. The van der Waals surface area contributed by atoms with Crippen molar-refractivity contribution in [1.29, 1.82) is 0 Å². The Hall–Kier alpha value is -1.37. The van der Waals surface area contributed by atoms with Crippen molar-refractivity contribution in [1.82, 2.24) is 0 Å². The highest BCUT2D eigenvalue weighted by Gasteiger charge is 1.87. The zero-order chi connectivity index (χ0) is 11.7. The molecule has 0 saturated heterocycles. The quantitative estimate of drug-likeness (QED) is 0.480. The summed E-state index contributed by atoms with van der Waals surface area (Å²) in [5, 5.41) is 8.63. The Balaban J connectivity index is 0. The van der Waals surface area contributed by atoms with Gasteiger partial charge in [0.2, 0.25) is 10.4 Å². The van der Waals surface area contributed by atoms with E-state index in [9.17, 15) is 13.0 Å². The van der Waals surface area contributed by atoms with Gasteiger partial charge in [-0.3, -0.25) is 4.18 Å². The van der Waals surface area contributed by atoms with E-state index in [2.05, 4.69) is 10.8 Å². The zero-order valence-electron chi connectivity index (χ0n) is 8.87. The van der Waals surface area contributed by atoms with Gasteiger partial charge in [-0.2, -0.15) is 0 Å². The van der Waals surface area contributed by atoms with Crippen molar-refractivity contribution in [2.45, 2.75) is 0 Å². The van der Waals surface area contributed by atoms with E-state index in [1.807, 2.05) is 6.07 Å². The maximum Gasteiger partial charge on any atom is 1.00 e. The molecular formula is C9H12O5S. The topological polar surface area (TPSA) is 86.7 Å². The molecule has 0 aliphatic carbocycles. The summed E-state index contributed by atoms with van der Waals surface area (Å²) in [6.45, 7) is 2.88. The van der Waals surface area contributed by atoms with Crippen LogP contribution in [-0.4, -0.2) is 24.7 Å². The first-order valence-corrected chi connectivity index (χ1v) is 5.24. The maximum atomic E-state index is 9.56. The van der Waals surface area contributed by atoms with Crippen LogP contribution in [0, 0.1) is 0 Å². The van der Waals surface area contributed by atoms with E-state index >= 15 is 0 Å². The van der Waals surface area contributed by atoms with Crippen molar-refractivity contribution < 1.29 is 23.7 Å². The van der Waals surface area contributed by atoms with Crippen LogP contribution in [0.4, 0.5) is 0 Å². The Kier molecular flexibility index (Phi) is 6.35. The summed E-state index contributed by atoms with van der Waals surface area (Å²) in [5.41, 5.74) is 0. The number of phenolic OH excluding ortho intramolecular Hbond substituents is 1. The van der Waals surface area contributed by atoms with Crippen LogP contribution < -0.4 is 0 Å². The van der Waals surface area contributed by atoms with Gasteiger partial charge in [-0.05, 0) is 12.1 Å². The van der Waals surface area contributed by atoms with E-state index in [1.165, 1.54) is 6.08 Å². The smallest absolute Gasteiger partial charge is 0.726 e. The standard InChI is InChI=1S/C6H6O.C3H6O4S/c7-6-4-2-1-3-5-6;1-2-3-7-8(4,5)6/h1-5,7H;2H,1,3H2,(H,4,5,6). The number of hydrogen-bond donors (Lipinski definition) is 1. The SMILES string of the molecule is C=CCOS(=O)(=O)[O-].Oc1ccccc1.[H+]. The van der Waals surface area contributed by atoms with Crippen LogP contribution in [0.1, 0.15) is 1.43 Å². The lowest BCUT2D eigenvalue weighted by Gasteiger charge is -2.02. The van der Waals surface area contributed by atoms with Crippen molar-refractivity contribution in [3.05, 3.63) is 43.0 Å². The molecule has 5 nitrogen and oxygen atoms in total. The first-order chi connectivity index (χ1) is 6.95. The summed E-state index contributed by atoms with van der Waals surface area (Å²) in [7, 11) is -4.51. The average molecular weight is 232 g/mol. The highest BCUT2D eigenvalue weighted by atomic mass is 32.3. The molecule has 1 aromatic rings. The molecule has 0 unspecified atom stereocenters. The second-order valence-corrected chi connectivity index (χ2v) is 3.37. The number of phenols is 1. The molecule has 0 spiro atoms. The van der Waals surface area contributed by atoms with Gasteiger partial charge in [-0.15, -0.1) is 6.58 Å². The Morgan fingerprint density at radius 3 is 2.20 bits per heavy atom. The van der Waals surface area contributed by atoms with E-state index in [4.69, 9.17) is 5.11 Å². The lowest BCUT2D eigenvalue weighted by Crippen LogP contribution is -2.02. The molecule has 0 bridgehead atoms. The van der Waals surface area contributed by atoms with Crippen LogP contribution in [0.3, 0.4) is 0 Å². The minimum atomic E-state index is -4.51. The Bertz CT molecular complexity index is 376. The first kappa shape index (κ1) is 13.6. The molecule has 1 rings (SSSR count). The van der Waals surface area contributed by atoms with Crippen LogP contribution in [0.5, 0.6) is 5.75 Å². The van der Waals surface area contributed by atoms with Crippen molar-refractivity contribution in [3.8, 4) is 5.75 Å². The van der Waals surface area contributed by atoms with Gasteiger partial charge in [0, 0.05) is 0 Å². The summed E-state index contributed by atoms with van der Waals surface area (Å²) in [6, 6.07) is 8.71. The molecule has 0 aliphatic heterocycles. The maximum absolute atomic E-state index is 9.56. The number of benzene rings is 1. The van der Waals surface area contributed by atoms with Gasteiger partial charge >= 0.3 is 1.43 Å². The fourth-order valence-corrected chi connectivity index (χ4v) is 0.822. The molecule has 0 radical (unpaired) electrons. The molecule has 0 aromatic heterocycles. The zero-order valence-corrected chi connectivity index (χ0v) is 8.68. The van der Waals surface area contributed by atoms with Gasteiger partial charge in [-0.25, -0.2) is 8.42 Å². The van der Waals surface area contributed by atoms with Crippen molar-refractivity contribution in [2.24, 2.45) is 0 Å². The van der Waals surface area contributed by atoms with Gasteiger partial charge in [-0.1, -0.05) is 24.3 Å². The third kappa shape index (κ3) is 10.6. The summed E-state index contributed by atoms with van der Waals surface area (Å²) in [6.07, 6.45) is 1.18. The Labute approximate surface area is 90.1 Å². The lowest BCUT2D eigenvalue weighted by molar-refractivity contribution is 0.288. The van der Waals surface area contributed by atoms with Crippen LogP contribution in [0.2, 0.25) is 0 Å². The van der Waals surface area contributed by atoms with Gasteiger partial charge in [0.15, 0.2) is 0 Å².